The van der Waals surface area contributed by atoms with Crippen LogP contribution >= 0.6 is 0 Å². The molecule has 3 aromatic heterocycles. The molecule has 1 saturated heterocycles. The Kier molecular flexibility index (Phi) is 4.82. The molecule has 8 nitrogen and oxygen atoms in total. The highest BCUT2D eigenvalue weighted by Crippen LogP contribution is 2.28. The molecule has 0 saturated carbocycles. The number of benzene rings is 1. The van der Waals surface area contributed by atoms with Crippen LogP contribution in [0.15, 0.2) is 43.0 Å². The van der Waals surface area contributed by atoms with Gasteiger partial charge < -0.3 is 15.2 Å². The predicted molar refractivity (Wildman–Crippen MR) is 118 cm³/mol. The van der Waals surface area contributed by atoms with Gasteiger partial charge in [0.25, 0.3) is 0 Å². The van der Waals surface area contributed by atoms with E-state index in [1.807, 2.05) is 48.4 Å². The van der Waals surface area contributed by atoms with Crippen molar-refractivity contribution in [1.29, 1.82) is 0 Å². The molecule has 30 heavy (non-hydrogen) atoms. The average molecular weight is 403 g/mol. The summed E-state index contributed by atoms with van der Waals surface area (Å²) in [4.78, 5) is 26.9. The minimum Gasteiger partial charge on any atom is -0.377 e. The molecule has 1 aliphatic rings. The normalized spacial score (nSPS) is 17.0. The largest absolute Gasteiger partial charge is 0.377 e. The van der Waals surface area contributed by atoms with E-state index in [1.165, 1.54) is 0 Å². The van der Waals surface area contributed by atoms with E-state index in [0.717, 1.165) is 59.4 Å². The summed E-state index contributed by atoms with van der Waals surface area (Å²) < 4.78 is 1.84. The first-order valence-corrected chi connectivity index (χ1v) is 10.4. The highest BCUT2D eigenvalue weighted by molar-refractivity contribution is 5.93. The summed E-state index contributed by atoms with van der Waals surface area (Å²) in [5.41, 5.74) is 2.86. The molecule has 0 bridgehead atoms. The molecule has 0 radical (unpaired) electrons. The molecule has 5 rings (SSSR count). The van der Waals surface area contributed by atoms with Gasteiger partial charge in [0, 0.05) is 43.8 Å². The molecule has 1 aromatic carbocycles. The number of nitrogens with zero attached hydrogens (tertiary/aromatic N) is 5. The molecule has 2 N–H and O–H groups in total. The van der Waals surface area contributed by atoms with Gasteiger partial charge in [-0.15, -0.1) is 0 Å². The molecule has 0 spiro atoms. The fourth-order valence-corrected chi connectivity index (χ4v) is 4.45. The average Bonchev–Trinajstić information content (AvgIpc) is 3.39. The minimum atomic E-state index is 0.234. The predicted octanol–water partition coefficient (Wildman–Crippen LogP) is 3.13. The van der Waals surface area contributed by atoms with Gasteiger partial charge in [0.05, 0.1) is 23.6 Å². The molecule has 1 aliphatic heterocycles. The maximum Gasteiger partial charge on any atom is 0.152 e. The summed E-state index contributed by atoms with van der Waals surface area (Å²) in [7, 11) is 1.92. The Balaban J connectivity index is 1.22. The van der Waals surface area contributed by atoms with Crippen molar-refractivity contribution in [2.45, 2.75) is 19.3 Å². The number of H-pyrrole nitrogens is 1. The standard InChI is InChI=1S/C22H25N7O/c1-28-20-6-2-5-19(18(20)12-27-28)24-11-16(30)10-15-4-3-9-29(13-15)22-17-7-8-23-21(17)25-14-26-22/h2,5-8,12,14-15,24H,3-4,9-11,13H2,1H3,(H,23,25,26). The van der Waals surface area contributed by atoms with E-state index in [1.54, 1.807) is 6.33 Å². The Labute approximate surface area is 174 Å². The van der Waals surface area contributed by atoms with Crippen molar-refractivity contribution >= 4 is 39.2 Å². The zero-order chi connectivity index (χ0) is 20.5. The summed E-state index contributed by atoms with van der Waals surface area (Å²) in [5, 5.41) is 9.69. The first kappa shape index (κ1) is 18.6. The lowest BCUT2D eigenvalue weighted by molar-refractivity contribution is -0.118. The van der Waals surface area contributed by atoms with Gasteiger partial charge in [0.1, 0.15) is 17.8 Å². The third-order valence-corrected chi connectivity index (χ3v) is 5.94. The number of ketones is 1. The number of hydrogen-bond acceptors (Lipinski definition) is 6. The second-order valence-electron chi connectivity index (χ2n) is 7.99. The summed E-state index contributed by atoms with van der Waals surface area (Å²) in [6.07, 6.45) is 8.05. The van der Waals surface area contributed by atoms with E-state index < -0.39 is 0 Å². The van der Waals surface area contributed by atoms with E-state index >= 15 is 0 Å². The lowest BCUT2D eigenvalue weighted by atomic mass is 9.92. The lowest BCUT2D eigenvalue weighted by Gasteiger charge is -2.33. The number of rotatable bonds is 6. The van der Waals surface area contributed by atoms with Crippen molar-refractivity contribution in [3.8, 4) is 0 Å². The first-order chi connectivity index (χ1) is 14.7. The number of aromatic amines is 1. The molecular formula is C22H25N7O. The van der Waals surface area contributed by atoms with Crippen LogP contribution in [-0.2, 0) is 11.8 Å². The van der Waals surface area contributed by atoms with Crippen LogP contribution in [0.25, 0.3) is 21.9 Å². The van der Waals surface area contributed by atoms with E-state index in [2.05, 4.69) is 30.3 Å². The van der Waals surface area contributed by atoms with Crippen molar-refractivity contribution in [3.63, 3.8) is 0 Å². The van der Waals surface area contributed by atoms with Crippen molar-refractivity contribution in [2.75, 3.05) is 29.9 Å². The second-order valence-corrected chi connectivity index (χ2v) is 7.99. The molecular weight excluding hydrogens is 378 g/mol. The Morgan fingerprint density at radius 2 is 2.20 bits per heavy atom. The van der Waals surface area contributed by atoms with Crippen LogP contribution in [0.2, 0.25) is 0 Å². The molecule has 1 atom stereocenters. The number of hydrogen-bond donors (Lipinski definition) is 2. The van der Waals surface area contributed by atoms with E-state index in [-0.39, 0.29) is 5.78 Å². The molecule has 4 heterocycles. The van der Waals surface area contributed by atoms with Gasteiger partial charge in [-0.3, -0.25) is 9.48 Å². The minimum absolute atomic E-state index is 0.234. The number of aromatic nitrogens is 5. The van der Waals surface area contributed by atoms with Crippen molar-refractivity contribution in [1.82, 2.24) is 24.7 Å². The monoisotopic (exact) mass is 403 g/mol. The number of nitrogens with one attached hydrogen (secondary N) is 2. The number of Topliss-reactive ketones (excluding diaryl/α,β-unsaturated/α-hetero) is 1. The molecule has 154 valence electrons. The molecule has 1 fully saturated rings. The number of piperidine rings is 1. The fraction of sp³-hybridized carbons (Fsp3) is 0.364. The van der Waals surface area contributed by atoms with E-state index in [0.29, 0.717) is 18.9 Å². The van der Waals surface area contributed by atoms with Crippen LogP contribution < -0.4 is 10.2 Å². The zero-order valence-corrected chi connectivity index (χ0v) is 17.0. The van der Waals surface area contributed by atoms with Crippen molar-refractivity contribution < 1.29 is 4.79 Å². The quantitative estimate of drug-likeness (QED) is 0.514. The maximum atomic E-state index is 12.7. The van der Waals surface area contributed by atoms with Crippen LogP contribution in [0.3, 0.4) is 0 Å². The van der Waals surface area contributed by atoms with Gasteiger partial charge in [-0.2, -0.15) is 5.10 Å². The third-order valence-electron chi connectivity index (χ3n) is 5.94. The van der Waals surface area contributed by atoms with Crippen LogP contribution in [0.1, 0.15) is 19.3 Å². The van der Waals surface area contributed by atoms with Gasteiger partial charge in [0.15, 0.2) is 5.78 Å². The second kappa shape index (κ2) is 7.78. The van der Waals surface area contributed by atoms with Crippen LogP contribution in [0, 0.1) is 5.92 Å². The molecule has 1 unspecified atom stereocenters. The van der Waals surface area contributed by atoms with Gasteiger partial charge in [-0.05, 0) is 37.0 Å². The Morgan fingerprint density at radius 3 is 3.13 bits per heavy atom. The van der Waals surface area contributed by atoms with Crippen LogP contribution in [-0.4, -0.2) is 50.1 Å². The number of anilines is 2. The molecule has 0 amide bonds. The topological polar surface area (TPSA) is 91.7 Å². The number of fused-ring (bicyclic) bond motifs is 2. The Hall–Kier alpha value is -3.42. The zero-order valence-electron chi connectivity index (χ0n) is 17.0. The third kappa shape index (κ3) is 3.49. The molecule has 0 aliphatic carbocycles. The summed E-state index contributed by atoms with van der Waals surface area (Å²) in [6, 6.07) is 8.03. The highest BCUT2D eigenvalue weighted by atomic mass is 16.1. The van der Waals surface area contributed by atoms with Gasteiger partial charge in [0.2, 0.25) is 0 Å². The van der Waals surface area contributed by atoms with Crippen molar-refractivity contribution in [3.05, 3.63) is 43.0 Å². The van der Waals surface area contributed by atoms with Crippen molar-refractivity contribution in [2.24, 2.45) is 13.0 Å². The molecule has 8 heteroatoms. The number of carbonyl (C=O) groups is 1. The van der Waals surface area contributed by atoms with Crippen LogP contribution in [0.5, 0.6) is 0 Å². The fourth-order valence-electron chi connectivity index (χ4n) is 4.45. The SMILES string of the molecule is Cn1ncc2c(NCC(=O)CC3CCCN(c4ncnc5[nH]ccc45)C3)cccc21. The van der Waals surface area contributed by atoms with E-state index in [4.69, 9.17) is 0 Å². The number of carbonyl (C=O) groups excluding carboxylic acids is 1. The first-order valence-electron chi connectivity index (χ1n) is 10.4. The van der Waals surface area contributed by atoms with E-state index in [9.17, 15) is 4.79 Å². The molecule has 4 aromatic rings. The Bertz CT molecular complexity index is 1190. The summed E-state index contributed by atoms with van der Waals surface area (Å²) in [5.74, 6) is 1.53. The van der Waals surface area contributed by atoms with Gasteiger partial charge in [-0.1, -0.05) is 6.07 Å². The summed E-state index contributed by atoms with van der Waals surface area (Å²) >= 11 is 0. The highest BCUT2D eigenvalue weighted by Gasteiger charge is 2.24. The maximum absolute atomic E-state index is 12.7. The number of aryl methyl sites for hydroxylation is 1. The van der Waals surface area contributed by atoms with Crippen LogP contribution in [0.4, 0.5) is 11.5 Å². The van der Waals surface area contributed by atoms with Gasteiger partial charge >= 0.3 is 0 Å². The Morgan fingerprint density at radius 1 is 1.27 bits per heavy atom. The summed E-state index contributed by atoms with van der Waals surface area (Å²) in [6.45, 7) is 2.14. The lowest BCUT2D eigenvalue weighted by Crippen LogP contribution is -2.37. The smallest absolute Gasteiger partial charge is 0.152 e. The van der Waals surface area contributed by atoms with Gasteiger partial charge in [-0.25, -0.2) is 9.97 Å².